The number of rotatable bonds is 20. The summed E-state index contributed by atoms with van der Waals surface area (Å²) in [5.74, 6) is -14.2. The first-order valence-corrected chi connectivity index (χ1v) is 31.3. The molecular weight excluding hydrogens is 1390 g/mol. The average Bonchev–Trinajstić information content (AvgIpc) is 1.61. The third-order valence-electron chi connectivity index (χ3n) is 14.2. The fraction of sp³-hybridized carbons (Fsp3) is 0.203. The number of nitrogens with zero attached hydrogens (tertiary/aromatic N) is 6. The minimum absolute atomic E-state index is 0.00891. The van der Waals surface area contributed by atoms with Crippen LogP contribution >= 0.6 is 11.8 Å². The Kier molecular flexibility index (Phi) is 24.8. The van der Waals surface area contributed by atoms with Gasteiger partial charge in [-0.2, -0.15) is 22.9 Å². The monoisotopic (exact) mass is 1440 g/mol. The van der Waals surface area contributed by atoms with Crippen molar-refractivity contribution in [1.82, 2.24) is 33.7 Å². The number of aromatic carboxylic acids is 10. The number of furan rings is 1. The molecule has 536 valence electrons. The zero-order chi connectivity index (χ0) is 75.2. The van der Waals surface area contributed by atoms with E-state index in [9.17, 15) is 107 Å². The standard InChI is InChI=1S/C16H14O7.C14H13N5O4.C13H10O5S.C12H14N2O6S.C9H9NO6/c1-21-12-7-10(16(19)20)8-13(14(12)22-2)23-11-5-3-9(4-6-11)15(17)18;1-6-12(7(2)18(3)16-6)8-4-10(14(22)23)19-11(15-8)5-9(17-19)13(20)21;1-7-11(6-9(18-7)13(16)17)19-10-5-3-2-4-8(10)12(14)15;15-11(16)8-5-9(12(17)18)7-10(6-8)13-21(19,20)14-3-1-2-4-14;11-8(12)4-6-7(5(10-4)9(13)14)16-3-1-2-15-6/h3-8H,1-2H3,(H,17,18)(H,19,20);4-5H,1-3H3,(H,20,21)(H,22,23);2-6H,1H3,(H,14,15)(H,16,17);5-7,13H,1-4H2,(H,15,16)(H,17,18);10H,1-3H2,(H,11,12)(H,13,14)/p-10. The van der Waals surface area contributed by atoms with Crippen molar-refractivity contribution in [2.75, 3.05) is 45.2 Å². The van der Waals surface area contributed by atoms with Gasteiger partial charge in [0, 0.05) is 59.9 Å². The molecule has 1 saturated heterocycles. The largest absolute Gasteiger partial charge is 0.545 e. The molecule has 2 aliphatic rings. The van der Waals surface area contributed by atoms with Crippen molar-refractivity contribution in [2.45, 2.75) is 49.8 Å². The van der Waals surface area contributed by atoms with Crippen LogP contribution < -0.4 is 79.5 Å². The lowest BCUT2D eigenvalue weighted by molar-refractivity contribution is -0.258. The summed E-state index contributed by atoms with van der Waals surface area (Å²) in [4.78, 5) is 116. The first-order chi connectivity index (χ1) is 48.1. The molecular formula is C64H50N8O28S2-10. The van der Waals surface area contributed by atoms with E-state index >= 15 is 0 Å². The van der Waals surface area contributed by atoms with Crippen molar-refractivity contribution in [3.05, 3.63) is 171 Å². The number of aromatic amines is 1. The summed E-state index contributed by atoms with van der Waals surface area (Å²) in [6.07, 6.45) is 2.02. The highest BCUT2D eigenvalue weighted by Gasteiger charge is 2.27. The molecule has 0 bridgehead atoms. The topological polar surface area (TPSA) is 574 Å². The summed E-state index contributed by atoms with van der Waals surface area (Å²) in [6.45, 7) is 6.41. The number of H-pyrrole nitrogens is 1. The van der Waals surface area contributed by atoms with Gasteiger partial charge in [0.1, 0.15) is 34.6 Å². The Hall–Kier alpha value is -13.0. The molecule has 0 amide bonds. The van der Waals surface area contributed by atoms with Gasteiger partial charge in [0.2, 0.25) is 5.75 Å². The van der Waals surface area contributed by atoms with Gasteiger partial charge in [0.25, 0.3) is 0 Å². The Morgan fingerprint density at radius 2 is 1.14 bits per heavy atom. The number of carboxylic acid groups (broad SMARTS) is 10. The lowest BCUT2D eigenvalue weighted by Gasteiger charge is -2.18. The summed E-state index contributed by atoms with van der Waals surface area (Å²) < 4.78 is 61.0. The highest BCUT2D eigenvalue weighted by atomic mass is 32.2. The maximum Gasteiger partial charge on any atom is 0.301 e. The van der Waals surface area contributed by atoms with Gasteiger partial charge in [-0.1, -0.05) is 30.0 Å². The smallest absolute Gasteiger partial charge is 0.301 e. The maximum absolute atomic E-state index is 12.1. The van der Waals surface area contributed by atoms with Crippen LogP contribution in [0.2, 0.25) is 0 Å². The van der Waals surface area contributed by atoms with E-state index < -0.39 is 98.1 Å². The van der Waals surface area contributed by atoms with Crippen LogP contribution in [-0.4, -0.2) is 142 Å². The van der Waals surface area contributed by atoms with Crippen molar-refractivity contribution < 1.29 is 136 Å². The molecule has 38 heteroatoms. The third kappa shape index (κ3) is 18.6. The third-order valence-corrected chi connectivity index (χ3v) is 16.9. The van der Waals surface area contributed by atoms with Gasteiger partial charge < -0.3 is 132 Å². The molecule has 4 aromatic carbocycles. The molecule has 0 atom stereocenters. The molecule has 5 aromatic heterocycles. The molecule has 0 aliphatic carbocycles. The summed E-state index contributed by atoms with van der Waals surface area (Å²) in [5, 5.41) is 117. The van der Waals surface area contributed by atoms with Crippen molar-refractivity contribution in [3.8, 4) is 45.8 Å². The SMILES string of the molecule is COc1cc(C(=O)[O-])cc(Oc2ccc(C(=O)[O-])cc2)c1OC.Cc1nn(C)c(C)c1-c1cc(C(=O)[O-])n2nc(C(=O)[O-])cc2n1.Cc1oc(C(=O)[O-])cc1Sc1ccccc1C(=O)[O-].O=C([O-])c1[nH]c(C(=O)[O-])c2c1OCCCO2.O=C([O-])c1cc(NS(=O)(=O)N2CCCC2)cc(C(=O)[O-])c1. The summed E-state index contributed by atoms with van der Waals surface area (Å²) in [5.41, 5.74) is -0.216. The Balaban J connectivity index is 0.000000180. The molecule has 0 saturated carbocycles. The van der Waals surface area contributed by atoms with E-state index in [0.717, 1.165) is 59.1 Å². The second-order valence-electron chi connectivity index (χ2n) is 20.9. The number of benzene rings is 4. The molecule has 2 N–H and O–H groups in total. The van der Waals surface area contributed by atoms with Gasteiger partial charge in [0.15, 0.2) is 34.4 Å². The van der Waals surface area contributed by atoms with Gasteiger partial charge in [-0.25, -0.2) is 9.50 Å². The molecule has 9 aromatic rings. The van der Waals surface area contributed by atoms with Crippen molar-refractivity contribution in [3.63, 3.8) is 0 Å². The van der Waals surface area contributed by atoms with Crippen LogP contribution in [0.4, 0.5) is 5.69 Å². The Bertz CT molecular complexity index is 4800. The number of aryl methyl sites for hydroxylation is 3. The highest BCUT2D eigenvalue weighted by molar-refractivity contribution is 7.99. The molecule has 2 aliphatic heterocycles. The molecule has 102 heavy (non-hydrogen) atoms. The predicted octanol–water partition coefficient (Wildman–Crippen LogP) is -4.77. The van der Waals surface area contributed by atoms with E-state index in [0.29, 0.717) is 52.0 Å². The number of nitrogens with one attached hydrogen (secondary N) is 2. The van der Waals surface area contributed by atoms with Crippen LogP contribution in [-0.2, 0) is 17.3 Å². The fourth-order valence-electron chi connectivity index (χ4n) is 9.41. The van der Waals surface area contributed by atoms with E-state index in [2.05, 4.69) is 24.9 Å². The minimum atomic E-state index is -3.84. The van der Waals surface area contributed by atoms with E-state index in [1.807, 2.05) is 6.92 Å². The highest BCUT2D eigenvalue weighted by Crippen LogP contribution is 2.41. The van der Waals surface area contributed by atoms with Crippen LogP contribution in [0.15, 0.2) is 111 Å². The van der Waals surface area contributed by atoms with Gasteiger partial charge in [0.05, 0.1) is 109 Å². The first-order valence-electron chi connectivity index (χ1n) is 29.1. The van der Waals surface area contributed by atoms with E-state index in [4.69, 9.17) is 28.1 Å². The van der Waals surface area contributed by atoms with E-state index in [-0.39, 0.29) is 87.2 Å². The van der Waals surface area contributed by atoms with Crippen LogP contribution in [0.5, 0.6) is 34.5 Å². The van der Waals surface area contributed by atoms with Crippen LogP contribution in [0.25, 0.3) is 16.9 Å². The number of methoxy groups -OCH3 is 2. The molecule has 0 spiro atoms. The van der Waals surface area contributed by atoms with Crippen molar-refractivity contribution >= 4 is 93.0 Å². The molecule has 7 heterocycles. The van der Waals surface area contributed by atoms with Crippen LogP contribution in [0, 0.1) is 20.8 Å². The molecule has 11 rings (SSSR count). The maximum atomic E-state index is 12.1. The lowest BCUT2D eigenvalue weighted by Crippen LogP contribution is -2.33. The average molecular weight is 1440 g/mol. The van der Waals surface area contributed by atoms with Crippen LogP contribution in [0.3, 0.4) is 0 Å². The van der Waals surface area contributed by atoms with E-state index in [1.165, 1.54) is 73.1 Å². The minimum Gasteiger partial charge on any atom is -0.545 e. The Morgan fingerprint density at radius 3 is 1.62 bits per heavy atom. The number of hydrogen-bond acceptors (Lipinski definition) is 32. The van der Waals surface area contributed by atoms with Gasteiger partial charge >= 0.3 is 10.2 Å². The molecule has 1 fully saturated rings. The summed E-state index contributed by atoms with van der Waals surface area (Å²) in [7, 11) is 0.654. The number of carbonyl (C=O) groups excluding carboxylic acids is 10. The Labute approximate surface area is 578 Å². The zero-order valence-electron chi connectivity index (χ0n) is 53.6. The second-order valence-corrected chi connectivity index (χ2v) is 23.7. The summed E-state index contributed by atoms with van der Waals surface area (Å²) >= 11 is 1.10. The van der Waals surface area contributed by atoms with Gasteiger partial charge in [-0.05, 0) is 123 Å². The molecule has 36 nitrogen and oxygen atoms in total. The predicted molar refractivity (Wildman–Crippen MR) is 324 cm³/mol. The van der Waals surface area contributed by atoms with Gasteiger partial charge in [-0.15, -0.1) is 0 Å². The number of anilines is 1. The Morgan fingerprint density at radius 1 is 0.578 bits per heavy atom. The normalized spacial score (nSPS) is 12.2. The molecule has 0 radical (unpaired) electrons. The van der Waals surface area contributed by atoms with Crippen LogP contribution in [0.1, 0.15) is 141 Å². The number of aromatic nitrogens is 6. The number of carboxylic acids is 10. The van der Waals surface area contributed by atoms with Crippen molar-refractivity contribution in [2.24, 2.45) is 7.05 Å². The number of carbonyl (C=O) groups is 10. The van der Waals surface area contributed by atoms with Crippen molar-refractivity contribution in [1.29, 1.82) is 0 Å². The lowest BCUT2D eigenvalue weighted by atomic mass is 10.1. The fourth-order valence-corrected chi connectivity index (χ4v) is 11.7. The first kappa shape index (κ1) is 76.4. The second kappa shape index (κ2) is 33.1. The van der Waals surface area contributed by atoms with E-state index in [1.54, 1.807) is 43.8 Å². The zero-order valence-corrected chi connectivity index (χ0v) is 55.3. The quantitative estimate of drug-likeness (QED) is 0.0723. The number of ether oxygens (including phenoxy) is 5. The number of fused-ring (bicyclic) bond motifs is 2. The summed E-state index contributed by atoms with van der Waals surface area (Å²) in [6, 6.07) is 20.8. The molecule has 0 unspecified atom stereocenters. The number of hydrogen-bond donors (Lipinski definition) is 2. The van der Waals surface area contributed by atoms with Gasteiger partial charge in [-0.3, -0.25) is 9.40 Å².